The van der Waals surface area contributed by atoms with Crippen molar-refractivity contribution in [3.05, 3.63) is 94.7 Å². The lowest BCUT2D eigenvalue weighted by Crippen LogP contribution is -2.16. The highest BCUT2D eigenvalue weighted by Gasteiger charge is 2.17. The minimum atomic E-state index is -0.526. The molecular formula is C30H28ClFN4O2S. The van der Waals surface area contributed by atoms with Gasteiger partial charge in [-0.1, -0.05) is 36.7 Å². The Kier molecular flexibility index (Phi) is 8.35. The third-order valence-electron chi connectivity index (χ3n) is 6.35. The van der Waals surface area contributed by atoms with Gasteiger partial charge in [-0.2, -0.15) is 0 Å². The van der Waals surface area contributed by atoms with Crippen LogP contribution in [-0.4, -0.2) is 26.9 Å². The molecule has 6 nitrogen and oxygen atoms in total. The summed E-state index contributed by atoms with van der Waals surface area (Å²) in [6.07, 6.45) is 4.99. The number of ether oxygens (including phenoxy) is 1. The van der Waals surface area contributed by atoms with Crippen LogP contribution in [0, 0.1) is 5.82 Å². The topological polar surface area (TPSA) is 69.0 Å². The molecule has 0 aliphatic carbocycles. The fraction of sp³-hybridized carbons (Fsp3) is 0.233. The molecule has 0 aliphatic rings. The van der Waals surface area contributed by atoms with Gasteiger partial charge in [-0.3, -0.25) is 9.78 Å². The molecule has 1 N–H and O–H groups in total. The number of pyridine rings is 1. The molecule has 0 saturated heterocycles. The molecular weight excluding hydrogens is 535 g/mol. The van der Waals surface area contributed by atoms with E-state index in [1.807, 2.05) is 31.4 Å². The Labute approximate surface area is 235 Å². The van der Waals surface area contributed by atoms with Gasteiger partial charge in [0.2, 0.25) is 0 Å². The van der Waals surface area contributed by atoms with Gasteiger partial charge in [-0.05, 0) is 54.4 Å². The monoisotopic (exact) mass is 562 g/mol. The van der Waals surface area contributed by atoms with E-state index in [9.17, 15) is 4.79 Å². The number of hydrogen-bond donors (Lipinski definition) is 1. The van der Waals surface area contributed by atoms with Crippen molar-refractivity contribution in [2.24, 2.45) is 7.05 Å². The van der Waals surface area contributed by atoms with Gasteiger partial charge < -0.3 is 14.6 Å². The standard InChI is InChI=1S/C30H28ClFN4O2S/c1-3-11-33-17-22-18-35-30(36(22)2)28-16-25-29(39-28)27(10-12-34-25)38-26-9-6-20(15-24(26)32)14-23(37)13-19-4-7-21(31)8-5-19/h4-10,12,15-16,18,33H,3,11,13-14,17H2,1-2H3. The number of ketones is 1. The zero-order valence-electron chi connectivity index (χ0n) is 21.7. The quantitative estimate of drug-likeness (QED) is 0.173. The third kappa shape index (κ3) is 6.36. The van der Waals surface area contributed by atoms with E-state index < -0.39 is 5.82 Å². The first kappa shape index (κ1) is 27.0. The molecule has 2 aromatic carbocycles. The lowest BCUT2D eigenvalue weighted by atomic mass is 10.0. The maximum Gasteiger partial charge on any atom is 0.166 e. The fourth-order valence-corrected chi connectivity index (χ4v) is 5.54. The van der Waals surface area contributed by atoms with Gasteiger partial charge >= 0.3 is 0 Å². The van der Waals surface area contributed by atoms with Crippen LogP contribution in [0.15, 0.2) is 67.0 Å². The van der Waals surface area contributed by atoms with Crippen molar-refractivity contribution in [3.8, 4) is 22.2 Å². The Balaban J connectivity index is 1.31. The number of aromatic nitrogens is 3. The number of fused-ring (bicyclic) bond motifs is 1. The number of carbonyl (C=O) groups is 1. The Morgan fingerprint density at radius 3 is 2.59 bits per heavy atom. The summed E-state index contributed by atoms with van der Waals surface area (Å²) in [6, 6.07) is 15.5. The Morgan fingerprint density at radius 1 is 1.05 bits per heavy atom. The van der Waals surface area contributed by atoms with Gasteiger partial charge in [-0.15, -0.1) is 11.3 Å². The van der Waals surface area contributed by atoms with Crippen molar-refractivity contribution >= 4 is 38.9 Å². The zero-order valence-corrected chi connectivity index (χ0v) is 23.3. The van der Waals surface area contributed by atoms with Crippen molar-refractivity contribution in [1.82, 2.24) is 19.9 Å². The van der Waals surface area contributed by atoms with E-state index in [2.05, 4.69) is 26.8 Å². The number of imidazole rings is 1. The van der Waals surface area contributed by atoms with Gasteiger partial charge in [-0.25, -0.2) is 9.37 Å². The average Bonchev–Trinajstić information content (AvgIpc) is 3.51. The second-order valence-electron chi connectivity index (χ2n) is 9.33. The van der Waals surface area contributed by atoms with E-state index in [4.69, 9.17) is 16.3 Å². The Morgan fingerprint density at radius 2 is 1.82 bits per heavy atom. The van der Waals surface area contributed by atoms with E-state index in [1.54, 1.807) is 36.5 Å². The molecule has 0 fully saturated rings. The highest BCUT2D eigenvalue weighted by molar-refractivity contribution is 7.22. The molecule has 0 unspecified atom stereocenters. The maximum atomic E-state index is 15.0. The minimum Gasteiger partial charge on any atom is -0.453 e. The Bertz CT molecular complexity index is 1610. The molecule has 5 aromatic rings. The molecule has 0 atom stereocenters. The van der Waals surface area contributed by atoms with Crippen molar-refractivity contribution in [1.29, 1.82) is 0 Å². The molecule has 0 bridgehead atoms. The predicted octanol–water partition coefficient (Wildman–Crippen LogP) is 7.14. The SMILES string of the molecule is CCCNCc1cnc(-c2cc3nccc(Oc4ccc(CC(=O)Cc5ccc(Cl)cc5)cc4F)c3s2)n1C. The predicted molar refractivity (Wildman–Crippen MR) is 154 cm³/mol. The number of nitrogens with one attached hydrogen (secondary N) is 1. The number of thiophene rings is 1. The number of Topliss-reactive ketones (excluding diaryl/α,β-unsaturated/α-hetero) is 1. The van der Waals surface area contributed by atoms with Crippen molar-refractivity contribution in [2.75, 3.05) is 6.54 Å². The summed E-state index contributed by atoms with van der Waals surface area (Å²) in [5.41, 5.74) is 3.31. The molecule has 0 radical (unpaired) electrons. The van der Waals surface area contributed by atoms with E-state index in [1.165, 1.54) is 17.4 Å². The molecule has 9 heteroatoms. The normalized spacial score (nSPS) is 11.3. The van der Waals surface area contributed by atoms with E-state index >= 15 is 4.39 Å². The largest absolute Gasteiger partial charge is 0.453 e. The number of halogens is 2. The molecule has 3 heterocycles. The number of carbonyl (C=O) groups excluding carboxylic acids is 1. The smallest absolute Gasteiger partial charge is 0.166 e. The summed E-state index contributed by atoms with van der Waals surface area (Å²) in [7, 11) is 2.00. The van der Waals surface area contributed by atoms with E-state index in [-0.39, 0.29) is 24.4 Å². The fourth-order valence-electron chi connectivity index (χ4n) is 4.31. The summed E-state index contributed by atoms with van der Waals surface area (Å²) < 4.78 is 23.9. The van der Waals surface area contributed by atoms with Crippen LogP contribution in [0.25, 0.3) is 20.9 Å². The molecule has 0 spiro atoms. The van der Waals surface area contributed by atoms with E-state index in [0.29, 0.717) is 16.3 Å². The van der Waals surface area contributed by atoms with Crippen LogP contribution in [0.5, 0.6) is 11.5 Å². The van der Waals surface area contributed by atoms with Crippen LogP contribution in [-0.2, 0) is 31.2 Å². The lowest BCUT2D eigenvalue weighted by Gasteiger charge is -2.09. The van der Waals surface area contributed by atoms with Crippen LogP contribution in [0.3, 0.4) is 0 Å². The number of hydrogen-bond acceptors (Lipinski definition) is 6. The van der Waals surface area contributed by atoms with Crippen LogP contribution >= 0.6 is 22.9 Å². The summed E-state index contributed by atoms with van der Waals surface area (Å²) in [5.74, 6) is 0.914. The van der Waals surface area contributed by atoms with Crippen molar-refractivity contribution < 1.29 is 13.9 Å². The van der Waals surface area contributed by atoms with Gasteiger partial charge in [0.05, 0.1) is 27.0 Å². The molecule has 0 amide bonds. The van der Waals surface area contributed by atoms with Gasteiger partial charge in [0.1, 0.15) is 17.4 Å². The highest BCUT2D eigenvalue weighted by Crippen LogP contribution is 2.39. The van der Waals surface area contributed by atoms with Crippen LogP contribution in [0.1, 0.15) is 30.2 Å². The molecule has 5 rings (SSSR count). The first-order valence-electron chi connectivity index (χ1n) is 12.7. The highest BCUT2D eigenvalue weighted by atomic mass is 35.5. The minimum absolute atomic E-state index is 0.00839. The van der Waals surface area contributed by atoms with Gasteiger partial charge in [0, 0.05) is 43.7 Å². The van der Waals surface area contributed by atoms with Crippen LogP contribution in [0.2, 0.25) is 5.02 Å². The van der Waals surface area contributed by atoms with Crippen LogP contribution in [0.4, 0.5) is 4.39 Å². The zero-order chi connectivity index (χ0) is 27.4. The van der Waals surface area contributed by atoms with E-state index in [0.717, 1.165) is 51.7 Å². The number of rotatable bonds is 11. The molecule has 0 aliphatic heterocycles. The second-order valence-corrected chi connectivity index (χ2v) is 10.8. The summed E-state index contributed by atoms with van der Waals surface area (Å²) in [6.45, 7) is 3.83. The molecule has 0 saturated carbocycles. The summed E-state index contributed by atoms with van der Waals surface area (Å²) in [5, 5.41) is 4.02. The first-order chi connectivity index (χ1) is 18.9. The Hall–Kier alpha value is -3.59. The molecule has 39 heavy (non-hydrogen) atoms. The maximum absolute atomic E-state index is 15.0. The summed E-state index contributed by atoms with van der Waals surface area (Å²) in [4.78, 5) is 22.6. The average molecular weight is 563 g/mol. The molecule has 200 valence electrons. The molecule has 3 aromatic heterocycles. The number of benzene rings is 2. The van der Waals surface area contributed by atoms with Crippen LogP contribution < -0.4 is 10.1 Å². The second kappa shape index (κ2) is 12.1. The third-order valence-corrected chi connectivity index (χ3v) is 7.73. The lowest BCUT2D eigenvalue weighted by molar-refractivity contribution is -0.117. The van der Waals surface area contributed by atoms with Crippen molar-refractivity contribution in [3.63, 3.8) is 0 Å². The van der Waals surface area contributed by atoms with Gasteiger partial charge in [0.15, 0.2) is 11.6 Å². The summed E-state index contributed by atoms with van der Waals surface area (Å²) >= 11 is 7.41. The number of nitrogens with zero attached hydrogens (tertiary/aromatic N) is 3. The van der Waals surface area contributed by atoms with Gasteiger partial charge in [0.25, 0.3) is 0 Å². The first-order valence-corrected chi connectivity index (χ1v) is 13.9. The van der Waals surface area contributed by atoms with Crippen molar-refractivity contribution in [2.45, 2.75) is 32.7 Å².